The number of esters is 1. The quantitative estimate of drug-likeness (QED) is 0.482. The lowest BCUT2D eigenvalue weighted by molar-refractivity contribution is -0.131. The summed E-state index contributed by atoms with van der Waals surface area (Å²) in [6.45, 7) is 3.70. The molecule has 1 aromatic heterocycles. The molecule has 1 aromatic carbocycles. The third-order valence-electron chi connectivity index (χ3n) is 2.80. The molecule has 0 saturated heterocycles. The molecule has 112 valence electrons. The molecule has 0 aliphatic rings. The van der Waals surface area contributed by atoms with Gasteiger partial charge < -0.3 is 4.74 Å². The van der Waals surface area contributed by atoms with Crippen LogP contribution in [0, 0.1) is 25.2 Å². The average molecular weight is 333 g/mol. The Morgan fingerprint density at radius 2 is 2.05 bits per heavy atom. The number of carbonyl (C=O) groups excluding carboxylic acids is 1. The fourth-order valence-corrected chi connectivity index (χ4v) is 2.83. The number of carbonyl (C=O) groups is 1. The topological polar surface area (TPSA) is 63.0 Å². The second-order valence-corrected chi connectivity index (χ2v) is 5.99. The number of benzene rings is 1. The van der Waals surface area contributed by atoms with Crippen LogP contribution in [0.2, 0.25) is 5.02 Å². The number of nitrogens with zero attached hydrogens (tertiary/aromatic N) is 2. The van der Waals surface area contributed by atoms with Crippen molar-refractivity contribution in [3.63, 3.8) is 0 Å². The van der Waals surface area contributed by atoms with E-state index >= 15 is 0 Å². The predicted molar refractivity (Wildman–Crippen MR) is 86.2 cm³/mol. The van der Waals surface area contributed by atoms with Crippen LogP contribution in [0.4, 0.5) is 0 Å². The number of pyridine rings is 1. The molecular weight excluding hydrogens is 320 g/mol. The van der Waals surface area contributed by atoms with E-state index < -0.39 is 5.97 Å². The summed E-state index contributed by atoms with van der Waals surface area (Å²) in [6, 6.07) is 10.5. The molecule has 2 aromatic rings. The number of ether oxygens (including phenoxy) is 1. The van der Waals surface area contributed by atoms with E-state index in [9.17, 15) is 10.1 Å². The minimum Gasteiger partial charge on any atom is -0.426 e. The van der Waals surface area contributed by atoms with Crippen LogP contribution in [0.3, 0.4) is 0 Å². The van der Waals surface area contributed by atoms with Gasteiger partial charge in [0.05, 0.1) is 11.3 Å². The normalized spacial score (nSPS) is 10.1. The maximum Gasteiger partial charge on any atom is 0.321 e. The van der Waals surface area contributed by atoms with Crippen LogP contribution in [-0.2, 0) is 4.79 Å². The van der Waals surface area contributed by atoms with Gasteiger partial charge >= 0.3 is 5.97 Å². The van der Waals surface area contributed by atoms with Gasteiger partial charge in [-0.1, -0.05) is 23.4 Å². The van der Waals surface area contributed by atoms with Gasteiger partial charge in [-0.25, -0.2) is 4.98 Å². The lowest BCUT2D eigenvalue weighted by atomic mass is 10.1. The van der Waals surface area contributed by atoms with Crippen LogP contribution in [0.25, 0.3) is 0 Å². The summed E-state index contributed by atoms with van der Waals surface area (Å²) in [5.74, 6) is 0.105. The van der Waals surface area contributed by atoms with E-state index in [4.69, 9.17) is 16.3 Å². The zero-order valence-electron chi connectivity index (χ0n) is 12.1. The summed E-state index contributed by atoms with van der Waals surface area (Å²) in [5, 5.41) is 10.3. The van der Waals surface area contributed by atoms with Gasteiger partial charge in [-0.15, -0.1) is 0 Å². The standard InChI is InChI=1S/C16H13ClN2O2S/c1-10-7-11(2)19-16(14(10)8-18)22-9-15(20)21-13-5-3-12(17)4-6-13/h3-7H,9H2,1-2H3. The molecule has 1 heterocycles. The maximum absolute atomic E-state index is 11.9. The first-order valence-corrected chi connectivity index (χ1v) is 7.83. The van der Waals surface area contributed by atoms with E-state index in [0.717, 1.165) is 11.3 Å². The van der Waals surface area contributed by atoms with E-state index in [0.29, 0.717) is 21.4 Å². The van der Waals surface area contributed by atoms with Crippen molar-refractivity contribution in [3.8, 4) is 11.8 Å². The highest BCUT2D eigenvalue weighted by atomic mass is 35.5. The van der Waals surface area contributed by atoms with E-state index in [1.165, 1.54) is 11.8 Å². The van der Waals surface area contributed by atoms with Crippen molar-refractivity contribution in [2.24, 2.45) is 0 Å². The molecule has 0 bridgehead atoms. The van der Waals surface area contributed by atoms with Crippen molar-refractivity contribution in [2.45, 2.75) is 18.9 Å². The van der Waals surface area contributed by atoms with Gasteiger partial charge in [-0.2, -0.15) is 5.26 Å². The van der Waals surface area contributed by atoms with Crippen LogP contribution in [0.1, 0.15) is 16.8 Å². The van der Waals surface area contributed by atoms with E-state index in [1.807, 2.05) is 19.9 Å². The Morgan fingerprint density at radius 3 is 2.68 bits per heavy atom. The molecule has 0 saturated carbocycles. The molecule has 0 N–H and O–H groups in total. The number of rotatable bonds is 4. The highest BCUT2D eigenvalue weighted by molar-refractivity contribution is 7.99. The van der Waals surface area contributed by atoms with E-state index in [-0.39, 0.29) is 5.75 Å². The first kappa shape index (κ1) is 16.3. The predicted octanol–water partition coefficient (Wildman–Crippen LogP) is 3.92. The van der Waals surface area contributed by atoms with Gasteiger partial charge in [0, 0.05) is 10.7 Å². The number of aromatic nitrogens is 1. The lowest BCUT2D eigenvalue weighted by Crippen LogP contribution is -2.11. The summed E-state index contributed by atoms with van der Waals surface area (Å²) in [7, 11) is 0. The van der Waals surface area contributed by atoms with Crippen molar-refractivity contribution in [1.29, 1.82) is 5.26 Å². The summed E-state index contributed by atoms with van der Waals surface area (Å²) >= 11 is 6.97. The molecular formula is C16H13ClN2O2S. The van der Waals surface area contributed by atoms with E-state index in [1.54, 1.807) is 24.3 Å². The number of aryl methyl sites for hydroxylation is 2. The second-order valence-electron chi connectivity index (χ2n) is 4.59. The Balaban J connectivity index is 2.02. The Kier molecular flexibility index (Phi) is 5.42. The van der Waals surface area contributed by atoms with Gasteiger partial charge in [0.25, 0.3) is 0 Å². The minimum absolute atomic E-state index is 0.0766. The summed E-state index contributed by atoms with van der Waals surface area (Å²) < 4.78 is 5.20. The first-order valence-electron chi connectivity index (χ1n) is 6.47. The van der Waals surface area contributed by atoms with Crippen molar-refractivity contribution < 1.29 is 9.53 Å². The molecule has 4 nitrogen and oxygen atoms in total. The van der Waals surface area contributed by atoms with Crippen LogP contribution in [0.15, 0.2) is 35.4 Å². The number of hydrogen-bond donors (Lipinski definition) is 0. The number of halogens is 1. The third kappa shape index (κ3) is 4.23. The highest BCUT2D eigenvalue weighted by Gasteiger charge is 2.12. The molecule has 0 atom stereocenters. The highest BCUT2D eigenvalue weighted by Crippen LogP contribution is 2.24. The van der Waals surface area contributed by atoms with Crippen LogP contribution < -0.4 is 4.74 Å². The molecule has 0 aliphatic carbocycles. The lowest BCUT2D eigenvalue weighted by Gasteiger charge is -2.07. The monoisotopic (exact) mass is 332 g/mol. The Hall–Kier alpha value is -2.03. The van der Waals surface area contributed by atoms with Gasteiger partial charge in [0.2, 0.25) is 0 Å². The van der Waals surface area contributed by atoms with Crippen molar-refractivity contribution in [3.05, 3.63) is 52.2 Å². The van der Waals surface area contributed by atoms with Crippen molar-refractivity contribution in [1.82, 2.24) is 4.98 Å². The largest absolute Gasteiger partial charge is 0.426 e. The smallest absolute Gasteiger partial charge is 0.321 e. The van der Waals surface area contributed by atoms with Gasteiger partial charge in [0.1, 0.15) is 16.8 Å². The molecule has 0 radical (unpaired) electrons. The van der Waals surface area contributed by atoms with Crippen molar-refractivity contribution >= 4 is 29.3 Å². The minimum atomic E-state index is -0.405. The SMILES string of the molecule is Cc1cc(C)c(C#N)c(SCC(=O)Oc2ccc(Cl)cc2)n1. The molecule has 0 aliphatic heterocycles. The summed E-state index contributed by atoms with van der Waals surface area (Å²) in [5.41, 5.74) is 2.16. The van der Waals surface area contributed by atoms with Crippen LogP contribution in [0.5, 0.6) is 5.75 Å². The van der Waals surface area contributed by atoms with Gasteiger partial charge in [0.15, 0.2) is 0 Å². The molecule has 0 spiro atoms. The third-order valence-corrected chi connectivity index (χ3v) is 4.00. The maximum atomic E-state index is 11.9. The van der Waals surface area contributed by atoms with Gasteiger partial charge in [-0.3, -0.25) is 4.79 Å². The molecule has 6 heteroatoms. The summed E-state index contributed by atoms with van der Waals surface area (Å²) in [4.78, 5) is 16.2. The van der Waals surface area contributed by atoms with E-state index in [2.05, 4.69) is 11.1 Å². The zero-order chi connectivity index (χ0) is 16.1. The Morgan fingerprint density at radius 1 is 1.36 bits per heavy atom. The van der Waals surface area contributed by atoms with Gasteiger partial charge in [-0.05, 0) is 49.7 Å². The molecule has 0 unspecified atom stereocenters. The molecule has 2 rings (SSSR count). The number of hydrogen-bond acceptors (Lipinski definition) is 5. The number of nitriles is 1. The Labute approximate surface area is 138 Å². The average Bonchev–Trinajstić information content (AvgIpc) is 2.47. The zero-order valence-corrected chi connectivity index (χ0v) is 13.7. The van der Waals surface area contributed by atoms with Crippen molar-refractivity contribution in [2.75, 3.05) is 5.75 Å². The molecule has 0 fully saturated rings. The fraction of sp³-hybridized carbons (Fsp3) is 0.188. The second kappa shape index (κ2) is 7.30. The van der Waals surface area contributed by atoms with Crippen LogP contribution in [-0.4, -0.2) is 16.7 Å². The molecule has 22 heavy (non-hydrogen) atoms. The summed E-state index contributed by atoms with van der Waals surface area (Å²) in [6.07, 6.45) is 0. The first-order chi connectivity index (χ1) is 10.5. The van der Waals surface area contributed by atoms with Crippen LogP contribution >= 0.6 is 23.4 Å². The Bertz CT molecular complexity index is 739. The number of thioether (sulfide) groups is 1. The molecule has 0 amide bonds. The fourth-order valence-electron chi connectivity index (χ4n) is 1.83.